The first kappa shape index (κ1) is 35.5. The minimum Gasteiger partial charge on any atom is -0.310 e. The third kappa shape index (κ3) is 4.48. The molecule has 13 rings (SSSR count). The van der Waals surface area contributed by atoms with Gasteiger partial charge >= 0.3 is 0 Å². The molecule has 0 saturated carbocycles. The molecule has 62 heavy (non-hydrogen) atoms. The summed E-state index contributed by atoms with van der Waals surface area (Å²) in [5.41, 5.74) is 27.2. The van der Waals surface area contributed by atoms with E-state index in [1.54, 1.807) is 0 Å². The van der Waals surface area contributed by atoms with Gasteiger partial charge in [-0.1, -0.05) is 185 Å². The van der Waals surface area contributed by atoms with Gasteiger partial charge < -0.3 is 4.90 Å². The molecule has 0 aliphatic heterocycles. The fourth-order valence-corrected chi connectivity index (χ4v) is 12.3. The molecule has 0 radical (unpaired) electrons. The lowest BCUT2D eigenvalue weighted by Gasteiger charge is -2.31. The van der Waals surface area contributed by atoms with Gasteiger partial charge in [0.1, 0.15) is 0 Å². The van der Waals surface area contributed by atoms with Crippen molar-refractivity contribution in [3.8, 4) is 55.6 Å². The van der Waals surface area contributed by atoms with Crippen molar-refractivity contribution in [2.75, 3.05) is 4.90 Å². The van der Waals surface area contributed by atoms with Crippen LogP contribution in [0.4, 0.5) is 17.1 Å². The van der Waals surface area contributed by atoms with Crippen LogP contribution in [0.5, 0.6) is 0 Å². The molecule has 4 aliphatic carbocycles. The van der Waals surface area contributed by atoms with Gasteiger partial charge in [0.2, 0.25) is 0 Å². The summed E-state index contributed by atoms with van der Waals surface area (Å²) in [4.78, 5) is 2.42. The second-order valence-corrected chi connectivity index (χ2v) is 18.8. The van der Waals surface area contributed by atoms with Gasteiger partial charge in [0.25, 0.3) is 0 Å². The minimum atomic E-state index is -0.357. The summed E-state index contributed by atoms with van der Waals surface area (Å²) in [5, 5.41) is 0. The molecule has 294 valence electrons. The van der Waals surface area contributed by atoms with Crippen molar-refractivity contribution in [2.45, 2.75) is 43.9 Å². The number of anilines is 3. The zero-order chi connectivity index (χ0) is 41.5. The van der Waals surface area contributed by atoms with E-state index in [0.29, 0.717) is 0 Å². The lowest BCUT2D eigenvalue weighted by atomic mass is 9.70. The number of para-hydroxylation sites is 1. The first-order valence-electron chi connectivity index (χ1n) is 22.1. The van der Waals surface area contributed by atoms with Crippen molar-refractivity contribution < 1.29 is 0 Å². The SMILES string of the molecule is CC1(C)c2ccccc2-c2ccc(N(c3ccccc3)c3cccc(-c4ccc5c(c4)C(C)(C)c4ccc6c(c4-5)-c4ccccc4C64c5ccccc5-c5ccccc54)c3)cc21. The van der Waals surface area contributed by atoms with E-state index in [9.17, 15) is 0 Å². The van der Waals surface area contributed by atoms with E-state index < -0.39 is 0 Å². The molecule has 1 heteroatoms. The maximum Gasteiger partial charge on any atom is 0.0725 e. The number of hydrogen-bond acceptors (Lipinski definition) is 1. The summed E-state index contributed by atoms with van der Waals surface area (Å²) >= 11 is 0. The molecule has 0 unspecified atom stereocenters. The van der Waals surface area contributed by atoms with Crippen LogP contribution in [0.3, 0.4) is 0 Å². The van der Waals surface area contributed by atoms with Gasteiger partial charge in [0.15, 0.2) is 0 Å². The smallest absolute Gasteiger partial charge is 0.0725 e. The van der Waals surface area contributed by atoms with Crippen LogP contribution >= 0.6 is 0 Å². The molecular formula is C61H45N. The average molecular weight is 792 g/mol. The van der Waals surface area contributed by atoms with Crippen molar-refractivity contribution in [3.63, 3.8) is 0 Å². The lowest BCUT2D eigenvalue weighted by Crippen LogP contribution is -2.26. The third-order valence-electron chi connectivity index (χ3n) is 15.1. The molecule has 0 N–H and O–H groups in total. The Morgan fingerprint density at radius 3 is 1.44 bits per heavy atom. The molecule has 0 aromatic heterocycles. The first-order chi connectivity index (χ1) is 30.3. The van der Waals surface area contributed by atoms with Crippen molar-refractivity contribution in [1.29, 1.82) is 0 Å². The predicted molar refractivity (Wildman–Crippen MR) is 258 cm³/mol. The van der Waals surface area contributed by atoms with E-state index in [-0.39, 0.29) is 16.2 Å². The molecular weight excluding hydrogens is 747 g/mol. The molecule has 1 spiro atoms. The van der Waals surface area contributed by atoms with E-state index in [4.69, 9.17) is 0 Å². The van der Waals surface area contributed by atoms with Crippen LogP contribution < -0.4 is 4.90 Å². The van der Waals surface area contributed by atoms with Crippen LogP contribution in [0.25, 0.3) is 55.6 Å². The highest BCUT2D eigenvalue weighted by molar-refractivity contribution is 6.03. The van der Waals surface area contributed by atoms with Crippen LogP contribution in [0.15, 0.2) is 200 Å². The third-order valence-corrected chi connectivity index (χ3v) is 15.1. The van der Waals surface area contributed by atoms with Gasteiger partial charge in [0.05, 0.1) is 5.41 Å². The molecule has 0 saturated heterocycles. The van der Waals surface area contributed by atoms with Gasteiger partial charge in [-0.25, -0.2) is 0 Å². The van der Waals surface area contributed by atoms with Gasteiger partial charge in [-0.3, -0.25) is 0 Å². The van der Waals surface area contributed by atoms with Crippen molar-refractivity contribution in [2.24, 2.45) is 0 Å². The summed E-state index contributed by atoms with van der Waals surface area (Å²) in [6, 6.07) is 75.5. The molecule has 0 bridgehead atoms. The molecule has 9 aromatic rings. The molecule has 0 heterocycles. The minimum absolute atomic E-state index is 0.0875. The highest BCUT2D eigenvalue weighted by Crippen LogP contribution is 2.66. The standard InChI is InChI=1S/C61H45N/c1-59(2)49-25-12-8-21-43(49)46-32-30-42(37-56(46)59)62(40-18-6-5-7-19-40)41-20-16-17-38(35-41)39-29-31-48-55(36-39)60(3,4)53-33-34-54-58(57(48)53)47-24-11-15-28-52(47)61(54)50-26-13-9-22-44(50)45-23-10-14-27-51(45)61/h5-37H,1-4H3. The maximum absolute atomic E-state index is 2.49. The summed E-state index contributed by atoms with van der Waals surface area (Å²) in [5.74, 6) is 0. The highest BCUT2D eigenvalue weighted by atomic mass is 15.1. The number of nitrogens with zero attached hydrogens (tertiary/aromatic N) is 1. The van der Waals surface area contributed by atoms with Gasteiger partial charge in [-0.15, -0.1) is 0 Å². The van der Waals surface area contributed by atoms with Crippen molar-refractivity contribution >= 4 is 17.1 Å². The highest BCUT2D eigenvalue weighted by Gasteiger charge is 2.53. The molecule has 4 aliphatic rings. The maximum atomic E-state index is 2.49. The van der Waals surface area contributed by atoms with E-state index in [0.717, 1.165) is 17.1 Å². The van der Waals surface area contributed by atoms with Crippen molar-refractivity contribution in [1.82, 2.24) is 0 Å². The zero-order valence-corrected chi connectivity index (χ0v) is 35.5. The van der Waals surface area contributed by atoms with Gasteiger partial charge in [-0.2, -0.15) is 0 Å². The topological polar surface area (TPSA) is 3.24 Å². The number of fused-ring (bicyclic) bond motifs is 17. The fraction of sp³-hybridized carbons (Fsp3) is 0.115. The quantitative estimate of drug-likeness (QED) is 0.172. The van der Waals surface area contributed by atoms with E-state index in [1.807, 2.05) is 0 Å². The monoisotopic (exact) mass is 791 g/mol. The van der Waals surface area contributed by atoms with E-state index in [2.05, 4.69) is 233 Å². The van der Waals surface area contributed by atoms with Crippen LogP contribution in [-0.2, 0) is 16.2 Å². The molecule has 0 amide bonds. The van der Waals surface area contributed by atoms with Gasteiger partial charge in [0, 0.05) is 27.9 Å². The van der Waals surface area contributed by atoms with Crippen LogP contribution in [0.1, 0.15) is 72.2 Å². The zero-order valence-electron chi connectivity index (χ0n) is 35.5. The van der Waals surface area contributed by atoms with Crippen molar-refractivity contribution in [3.05, 3.63) is 245 Å². The fourth-order valence-electron chi connectivity index (χ4n) is 12.3. The Balaban J connectivity index is 0.954. The summed E-state index contributed by atoms with van der Waals surface area (Å²) < 4.78 is 0. The Labute approximate surface area is 364 Å². The number of hydrogen-bond donors (Lipinski definition) is 0. The van der Waals surface area contributed by atoms with E-state index >= 15 is 0 Å². The Bertz CT molecular complexity index is 3320. The Morgan fingerprint density at radius 2 is 0.726 bits per heavy atom. The molecule has 9 aromatic carbocycles. The lowest BCUT2D eigenvalue weighted by molar-refractivity contribution is 0.660. The number of rotatable bonds is 4. The van der Waals surface area contributed by atoms with Crippen LogP contribution in [-0.4, -0.2) is 0 Å². The molecule has 1 nitrogen and oxygen atoms in total. The van der Waals surface area contributed by atoms with Crippen LogP contribution in [0, 0.1) is 0 Å². The summed E-state index contributed by atoms with van der Waals surface area (Å²) in [6.45, 7) is 9.57. The largest absolute Gasteiger partial charge is 0.310 e. The second kappa shape index (κ2) is 12.4. The van der Waals surface area contributed by atoms with Gasteiger partial charge in [-0.05, 0) is 143 Å². The first-order valence-corrected chi connectivity index (χ1v) is 22.1. The second-order valence-electron chi connectivity index (χ2n) is 18.8. The van der Waals surface area contributed by atoms with Crippen LogP contribution in [0.2, 0.25) is 0 Å². The predicted octanol–water partition coefficient (Wildman–Crippen LogP) is 15.8. The average Bonchev–Trinajstić information content (AvgIpc) is 3.94. The summed E-state index contributed by atoms with van der Waals surface area (Å²) in [6.07, 6.45) is 0. The molecule has 0 atom stereocenters. The van der Waals surface area contributed by atoms with E-state index in [1.165, 1.54) is 100 Å². The Hall–Kier alpha value is -7.22. The number of benzene rings is 9. The Morgan fingerprint density at radius 1 is 0.274 bits per heavy atom. The normalized spacial score (nSPS) is 15.5. The molecule has 0 fully saturated rings. The Kier molecular flexibility index (Phi) is 7.12. The summed E-state index contributed by atoms with van der Waals surface area (Å²) in [7, 11) is 0.